The number of carbonyl (C=O) groups is 9. The second kappa shape index (κ2) is 35.1. The maximum atomic E-state index is 15.0. The molecule has 20 N–H and O–H groups in total. The Balaban J connectivity index is 1.24. The molecular formula is C66H95N15O10. The van der Waals surface area contributed by atoms with Crippen molar-refractivity contribution in [2.75, 3.05) is 19.6 Å². The molecule has 0 radical (unpaired) electrons. The zero-order chi connectivity index (χ0) is 66.3. The summed E-state index contributed by atoms with van der Waals surface area (Å²) in [6, 6.07) is 11.3. The van der Waals surface area contributed by atoms with Crippen LogP contribution in [0.2, 0.25) is 0 Å². The van der Waals surface area contributed by atoms with Crippen LogP contribution in [0.4, 0.5) is 0 Å². The molecule has 494 valence electrons. The summed E-state index contributed by atoms with van der Waals surface area (Å²) < 4.78 is 0. The highest BCUT2D eigenvalue weighted by Crippen LogP contribution is 2.23. The number of benzene rings is 3. The Morgan fingerprint density at radius 1 is 0.374 bits per heavy atom. The van der Waals surface area contributed by atoms with Crippen LogP contribution in [0.5, 0.6) is 0 Å². The summed E-state index contributed by atoms with van der Waals surface area (Å²) in [4.78, 5) is 138. The first kappa shape index (κ1) is 71.4. The number of carbonyl (C=O) groups excluding carboxylic acids is 8. The predicted octanol–water partition coefficient (Wildman–Crippen LogP) is 2.80. The van der Waals surface area contributed by atoms with Crippen molar-refractivity contribution in [3.8, 4) is 0 Å². The largest absolute Gasteiger partial charge is 0.480 e. The van der Waals surface area contributed by atoms with Gasteiger partial charge in [-0.1, -0.05) is 96.1 Å². The first-order chi connectivity index (χ1) is 43.5. The van der Waals surface area contributed by atoms with Gasteiger partial charge in [0.05, 0.1) is 6.04 Å². The minimum atomic E-state index is -1.38. The van der Waals surface area contributed by atoms with Crippen LogP contribution in [0.3, 0.4) is 0 Å². The lowest BCUT2D eigenvalue weighted by molar-refractivity contribution is -0.142. The van der Waals surface area contributed by atoms with Crippen molar-refractivity contribution in [1.29, 1.82) is 0 Å². The van der Waals surface area contributed by atoms with E-state index in [1.165, 1.54) is 0 Å². The number of aromatic amines is 3. The van der Waals surface area contributed by atoms with Crippen molar-refractivity contribution in [3.63, 3.8) is 0 Å². The van der Waals surface area contributed by atoms with Crippen molar-refractivity contribution >= 4 is 85.9 Å². The molecule has 91 heavy (non-hydrogen) atoms. The molecule has 6 rings (SSSR count). The highest BCUT2D eigenvalue weighted by molar-refractivity contribution is 5.99. The fourth-order valence-corrected chi connectivity index (χ4v) is 11.1. The molecule has 0 aliphatic heterocycles. The van der Waals surface area contributed by atoms with Gasteiger partial charge in [0.2, 0.25) is 47.3 Å². The molecule has 0 aliphatic rings. The monoisotopic (exact) mass is 1260 g/mol. The number of carboxylic acid groups (broad SMARTS) is 1. The van der Waals surface area contributed by atoms with E-state index in [-0.39, 0.29) is 45.1 Å². The maximum absolute atomic E-state index is 15.0. The standard InChI is InChI=1S/C66H95N15O10/c1-37(2)55(63(87)77-53(32-41-35-72-48-23-11-8-20-44(41)48)61(85)75-50(25-13-16-28-67)59(83)74-51(26-14-17-29-68)60(84)76-52(66(90)91)27-15-18-30-69)80-62(86)54(33-42-36-73-49-24-12-9-21-45(42)49)78-64(88)56(38(3)4)81-65(89)57(39(5)6)79-58(82)46(70)31-40-34-71-47-22-10-7-19-43(40)47/h7-12,19-24,34-39,46,50-57,71-73H,13-18,25-33,67-70H2,1-6H3,(H,74,83)(H,75,85)(H,76,84)(H,77,87)(H,78,88)(H,79,82)(H,80,86)(H,81,89)(H,90,91)/t46-,50-,51-,52-,53-,54-,55-,56-,57-/m0/s1. The van der Waals surface area contributed by atoms with Crippen LogP contribution < -0.4 is 65.5 Å². The summed E-state index contributed by atoms with van der Waals surface area (Å²) in [6.07, 6.45) is 8.30. The van der Waals surface area contributed by atoms with Crippen LogP contribution in [-0.2, 0) is 62.4 Å². The third-order valence-corrected chi connectivity index (χ3v) is 16.4. The number of nitrogens with two attached hydrogens (primary N) is 4. The number of aliphatic carboxylic acids is 1. The fourth-order valence-electron chi connectivity index (χ4n) is 11.1. The Labute approximate surface area is 531 Å². The topological polar surface area (TPSA) is 422 Å². The van der Waals surface area contributed by atoms with Gasteiger partial charge in [0.25, 0.3) is 0 Å². The van der Waals surface area contributed by atoms with Crippen molar-refractivity contribution in [2.24, 2.45) is 40.7 Å². The Morgan fingerprint density at radius 2 is 0.659 bits per heavy atom. The normalized spacial score (nSPS) is 14.6. The first-order valence-electron chi connectivity index (χ1n) is 31.7. The Bertz CT molecular complexity index is 3410. The van der Waals surface area contributed by atoms with E-state index in [0.29, 0.717) is 62.7 Å². The van der Waals surface area contributed by atoms with E-state index in [4.69, 9.17) is 22.9 Å². The molecule has 0 saturated carbocycles. The van der Waals surface area contributed by atoms with Crippen LogP contribution in [0, 0.1) is 17.8 Å². The van der Waals surface area contributed by atoms with Crippen molar-refractivity contribution in [3.05, 3.63) is 108 Å². The number of rotatable bonds is 38. The lowest BCUT2D eigenvalue weighted by Gasteiger charge is -2.30. The zero-order valence-electron chi connectivity index (χ0n) is 53.1. The first-order valence-corrected chi connectivity index (χ1v) is 31.7. The van der Waals surface area contributed by atoms with E-state index in [0.717, 1.165) is 38.3 Å². The lowest BCUT2D eigenvalue weighted by atomic mass is 9.97. The van der Waals surface area contributed by atoms with Crippen LogP contribution in [-0.4, -0.2) is 147 Å². The summed E-state index contributed by atoms with van der Waals surface area (Å²) in [5.41, 5.74) is 28.3. The van der Waals surface area contributed by atoms with E-state index in [9.17, 15) is 43.5 Å². The number of hydrogen-bond acceptors (Lipinski definition) is 13. The maximum Gasteiger partial charge on any atom is 0.326 e. The molecule has 3 aromatic heterocycles. The molecule has 6 aromatic rings. The van der Waals surface area contributed by atoms with E-state index in [1.54, 1.807) is 60.1 Å². The highest BCUT2D eigenvalue weighted by atomic mass is 16.4. The minimum absolute atomic E-state index is 0.0722. The van der Waals surface area contributed by atoms with Gasteiger partial charge in [-0.2, -0.15) is 0 Å². The molecule has 0 bridgehead atoms. The Kier molecular flexibility index (Phi) is 27.5. The van der Waals surface area contributed by atoms with Gasteiger partial charge in [0.1, 0.15) is 48.3 Å². The molecule has 25 nitrogen and oxygen atoms in total. The van der Waals surface area contributed by atoms with E-state index < -0.39 is 125 Å². The number of carboxylic acids is 1. The highest BCUT2D eigenvalue weighted by Gasteiger charge is 2.38. The summed E-state index contributed by atoms with van der Waals surface area (Å²) in [7, 11) is 0. The molecule has 0 spiro atoms. The average Bonchev–Trinajstić information content (AvgIpc) is 2.32. The number of para-hydroxylation sites is 3. The van der Waals surface area contributed by atoms with Crippen molar-refractivity contribution in [1.82, 2.24) is 57.5 Å². The van der Waals surface area contributed by atoms with Crippen LogP contribution in [0.15, 0.2) is 91.4 Å². The molecule has 0 unspecified atom stereocenters. The molecular weight excluding hydrogens is 1160 g/mol. The van der Waals surface area contributed by atoms with Gasteiger partial charge >= 0.3 is 5.97 Å². The minimum Gasteiger partial charge on any atom is -0.480 e. The van der Waals surface area contributed by atoms with Crippen LogP contribution in [0.25, 0.3) is 32.7 Å². The Morgan fingerprint density at radius 3 is 1.02 bits per heavy atom. The smallest absolute Gasteiger partial charge is 0.326 e. The van der Waals surface area contributed by atoms with Crippen LogP contribution >= 0.6 is 0 Å². The molecule has 3 aromatic carbocycles. The number of hydrogen-bond donors (Lipinski definition) is 16. The van der Waals surface area contributed by atoms with Crippen molar-refractivity contribution < 1.29 is 48.3 Å². The average molecular weight is 1260 g/mol. The van der Waals surface area contributed by atoms with Crippen molar-refractivity contribution in [2.45, 2.75) is 173 Å². The number of unbranched alkanes of at least 4 members (excludes halogenated alkanes) is 3. The summed E-state index contributed by atoms with van der Waals surface area (Å²) in [6.45, 7) is 11.3. The second-order valence-electron chi connectivity index (χ2n) is 24.5. The van der Waals surface area contributed by atoms with E-state index >= 15 is 4.79 Å². The third kappa shape index (κ3) is 20.4. The molecule has 8 amide bonds. The molecule has 0 aliphatic carbocycles. The van der Waals surface area contributed by atoms with Gasteiger partial charge in [-0.05, 0) is 136 Å². The van der Waals surface area contributed by atoms with Crippen LogP contribution in [0.1, 0.15) is 116 Å². The summed E-state index contributed by atoms with van der Waals surface area (Å²) in [5.74, 6) is -8.53. The fraction of sp³-hybridized carbons (Fsp3) is 0.500. The summed E-state index contributed by atoms with van der Waals surface area (Å²) in [5, 5.41) is 34.8. The number of aromatic nitrogens is 3. The van der Waals surface area contributed by atoms with Gasteiger partial charge in [0.15, 0.2) is 0 Å². The number of amides is 8. The van der Waals surface area contributed by atoms with Gasteiger partial charge in [-0.15, -0.1) is 0 Å². The number of nitrogens with one attached hydrogen (secondary N) is 11. The zero-order valence-corrected chi connectivity index (χ0v) is 53.1. The second-order valence-corrected chi connectivity index (χ2v) is 24.5. The molecule has 0 fully saturated rings. The molecule has 0 saturated heterocycles. The number of fused-ring (bicyclic) bond motifs is 3. The van der Waals surface area contributed by atoms with Gasteiger partial charge in [-0.3, -0.25) is 38.4 Å². The predicted molar refractivity (Wildman–Crippen MR) is 350 cm³/mol. The van der Waals surface area contributed by atoms with Gasteiger partial charge in [0, 0.05) is 64.1 Å². The SMILES string of the molecule is CC(C)[C@H](NC(=O)[C@H](Cc1c[nH]c2ccccc12)NC(=O)[C@@H](NC(=O)[C@@H](NC(=O)[C@@H](N)Cc1c[nH]c2ccccc12)C(C)C)C(C)C)C(=O)N[C@@H](Cc1c[nH]c2ccccc12)C(=O)N[C@@H](CCCCN)C(=O)N[C@@H](CCCCN)C(=O)N[C@@H](CCCCN)C(=O)O. The quantitative estimate of drug-likeness (QED) is 0.0248. The molecule has 25 heteroatoms. The van der Waals surface area contributed by atoms with E-state index in [1.807, 2.05) is 72.8 Å². The number of H-pyrrole nitrogens is 3. The Hall–Kier alpha value is -8.65. The molecule has 3 heterocycles. The van der Waals surface area contributed by atoms with E-state index in [2.05, 4.69) is 57.5 Å². The summed E-state index contributed by atoms with van der Waals surface area (Å²) >= 11 is 0. The van der Waals surface area contributed by atoms with Gasteiger partial charge < -0.3 is 85.5 Å². The lowest BCUT2D eigenvalue weighted by Crippen LogP contribution is -2.62. The van der Waals surface area contributed by atoms with Gasteiger partial charge in [-0.25, -0.2) is 4.79 Å². The third-order valence-electron chi connectivity index (χ3n) is 16.4. The molecule has 9 atom stereocenters.